The SMILES string of the molecule is Cc1cc2c3c(c1)N(c1ccc(C(C)(C)C)cc1)c1c(sc4ccc(C(C)(C)C)cc14)B3c1cc3c(cc1N2c1ccc(C(C)(C)C)cc1-c1ccccc1)C(C)(C)CCC3(C)C. The van der Waals surface area contributed by atoms with Gasteiger partial charge in [0, 0.05) is 43.2 Å². The van der Waals surface area contributed by atoms with Crippen molar-refractivity contribution in [1.82, 2.24) is 0 Å². The molecule has 0 amide bonds. The number of hydrogen-bond donors (Lipinski definition) is 0. The molecular formula is C59H65BN2S. The lowest BCUT2D eigenvalue weighted by atomic mass is 9.35. The Morgan fingerprint density at radius 1 is 0.540 bits per heavy atom. The zero-order valence-corrected chi connectivity index (χ0v) is 41.1. The molecule has 0 N–H and O–H groups in total. The molecule has 0 unspecified atom stereocenters. The fourth-order valence-corrected chi connectivity index (χ4v) is 12.1. The molecule has 0 fully saturated rings. The number of hydrogen-bond acceptors (Lipinski definition) is 3. The molecule has 6 aromatic carbocycles. The minimum atomic E-state index is -0.00237. The number of rotatable bonds is 3. The number of benzene rings is 6. The van der Waals surface area contributed by atoms with E-state index in [1.165, 1.54) is 117 Å². The van der Waals surface area contributed by atoms with E-state index in [2.05, 4.69) is 222 Å². The molecule has 0 atom stereocenters. The van der Waals surface area contributed by atoms with Gasteiger partial charge in [0.05, 0.1) is 11.4 Å². The van der Waals surface area contributed by atoms with Gasteiger partial charge in [-0.05, 0) is 151 Å². The molecule has 320 valence electrons. The number of nitrogens with zero attached hydrogens (tertiary/aromatic N) is 2. The number of thiophene rings is 1. The summed E-state index contributed by atoms with van der Waals surface area (Å²) >= 11 is 2.01. The monoisotopic (exact) mass is 844 g/mol. The highest BCUT2D eigenvalue weighted by atomic mass is 32.1. The average Bonchev–Trinajstić information content (AvgIpc) is 3.60. The third-order valence-electron chi connectivity index (χ3n) is 14.8. The first kappa shape index (κ1) is 41.9. The molecule has 0 radical (unpaired) electrons. The van der Waals surface area contributed by atoms with Crippen LogP contribution in [0, 0.1) is 6.92 Å². The smallest absolute Gasteiger partial charge is 0.264 e. The summed E-state index contributed by atoms with van der Waals surface area (Å²) in [6, 6.07) is 45.5. The second-order valence-electron chi connectivity index (χ2n) is 23.5. The van der Waals surface area contributed by atoms with Crippen LogP contribution in [0.1, 0.15) is 136 Å². The molecule has 0 bridgehead atoms. The van der Waals surface area contributed by atoms with Gasteiger partial charge >= 0.3 is 0 Å². The number of anilines is 6. The lowest BCUT2D eigenvalue weighted by Crippen LogP contribution is -2.61. The first-order chi connectivity index (χ1) is 29.5. The second kappa shape index (κ2) is 14.0. The van der Waals surface area contributed by atoms with Crippen molar-refractivity contribution >= 4 is 78.0 Å². The Kier molecular flexibility index (Phi) is 9.30. The molecule has 1 aliphatic carbocycles. The van der Waals surface area contributed by atoms with Gasteiger partial charge in [-0.25, -0.2) is 0 Å². The minimum Gasteiger partial charge on any atom is -0.311 e. The van der Waals surface area contributed by atoms with Crippen LogP contribution in [0.25, 0.3) is 21.2 Å². The van der Waals surface area contributed by atoms with Gasteiger partial charge in [0.15, 0.2) is 0 Å². The van der Waals surface area contributed by atoms with E-state index in [-0.39, 0.29) is 33.8 Å². The summed E-state index contributed by atoms with van der Waals surface area (Å²) < 4.78 is 2.79. The first-order valence-electron chi connectivity index (χ1n) is 23.3. The maximum atomic E-state index is 2.68. The molecule has 10 rings (SSSR count). The molecule has 7 aromatic rings. The third kappa shape index (κ3) is 6.72. The highest BCUT2D eigenvalue weighted by Gasteiger charge is 2.48. The van der Waals surface area contributed by atoms with Crippen LogP contribution in [0.2, 0.25) is 0 Å². The molecule has 63 heavy (non-hydrogen) atoms. The van der Waals surface area contributed by atoms with Crippen molar-refractivity contribution in [3.63, 3.8) is 0 Å². The molecule has 3 aliphatic rings. The average molecular weight is 845 g/mol. The normalized spacial score (nSPS) is 16.4. The van der Waals surface area contributed by atoms with Gasteiger partial charge in [0.1, 0.15) is 0 Å². The highest BCUT2D eigenvalue weighted by Crippen LogP contribution is 2.53. The van der Waals surface area contributed by atoms with Crippen LogP contribution in [0.15, 0.2) is 115 Å². The van der Waals surface area contributed by atoms with Crippen molar-refractivity contribution in [2.75, 3.05) is 9.80 Å². The summed E-state index contributed by atoms with van der Waals surface area (Å²) in [5, 5.41) is 1.35. The van der Waals surface area contributed by atoms with Crippen molar-refractivity contribution in [3.05, 3.63) is 149 Å². The Bertz CT molecular complexity index is 2960. The van der Waals surface area contributed by atoms with E-state index in [9.17, 15) is 0 Å². The van der Waals surface area contributed by atoms with Gasteiger partial charge in [-0.3, -0.25) is 0 Å². The van der Waals surface area contributed by atoms with Crippen LogP contribution in [-0.4, -0.2) is 6.71 Å². The van der Waals surface area contributed by atoms with E-state index in [4.69, 9.17) is 0 Å². The zero-order chi connectivity index (χ0) is 44.8. The first-order valence-corrected chi connectivity index (χ1v) is 24.2. The quantitative estimate of drug-likeness (QED) is 0.164. The molecule has 0 saturated carbocycles. The predicted octanol–water partition coefficient (Wildman–Crippen LogP) is 15.2. The van der Waals surface area contributed by atoms with Crippen molar-refractivity contribution < 1.29 is 0 Å². The van der Waals surface area contributed by atoms with Gasteiger partial charge < -0.3 is 9.80 Å². The molecular weight excluding hydrogens is 780 g/mol. The summed E-state index contributed by atoms with van der Waals surface area (Å²) in [7, 11) is 0. The van der Waals surface area contributed by atoms with Crippen molar-refractivity contribution in [2.24, 2.45) is 0 Å². The summed E-state index contributed by atoms with van der Waals surface area (Å²) in [6.07, 6.45) is 2.35. The lowest BCUT2D eigenvalue weighted by molar-refractivity contribution is 0.332. The van der Waals surface area contributed by atoms with Crippen molar-refractivity contribution in [3.8, 4) is 11.1 Å². The summed E-state index contributed by atoms with van der Waals surface area (Å²) in [4.78, 5) is 5.33. The topological polar surface area (TPSA) is 6.48 Å². The van der Waals surface area contributed by atoms with Gasteiger partial charge in [-0.2, -0.15) is 0 Å². The number of fused-ring (bicyclic) bond motifs is 7. The van der Waals surface area contributed by atoms with Crippen LogP contribution >= 0.6 is 11.3 Å². The van der Waals surface area contributed by atoms with Crippen LogP contribution < -0.4 is 25.5 Å². The van der Waals surface area contributed by atoms with Crippen LogP contribution in [0.5, 0.6) is 0 Å². The minimum absolute atomic E-state index is 0.00237. The Labute approximate surface area is 382 Å². The van der Waals surface area contributed by atoms with E-state index in [1.807, 2.05) is 11.3 Å². The molecule has 0 spiro atoms. The molecule has 2 aliphatic heterocycles. The Balaban J connectivity index is 1.35. The maximum Gasteiger partial charge on any atom is 0.264 e. The van der Waals surface area contributed by atoms with Gasteiger partial charge in [-0.15, -0.1) is 11.3 Å². The van der Waals surface area contributed by atoms with E-state index >= 15 is 0 Å². The van der Waals surface area contributed by atoms with E-state index in [0.717, 1.165) is 0 Å². The molecule has 1 aromatic heterocycles. The zero-order valence-electron chi connectivity index (χ0n) is 40.3. The Hall–Kier alpha value is -5.06. The highest BCUT2D eigenvalue weighted by molar-refractivity contribution is 7.33. The van der Waals surface area contributed by atoms with Crippen molar-refractivity contribution in [1.29, 1.82) is 0 Å². The van der Waals surface area contributed by atoms with E-state index in [0.29, 0.717) is 0 Å². The third-order valence-corrected chi connectivity index (χ3v) is 16.0. The predicted molar refractivity (Wildman–Crippen MR) is 277 cm³/mol. The van der Waals surface area contributed by atoms with Gasteiger partial charge in [-0.1, -0.05) is 151 Å². The van der Waals surface area contributed by atoms with Crippen LogP contribution in [-0.2, 0) is 27.1 Å². The van der Waals surface area contributed by atoms with E-state index < -0.39 is 0 Å². The Morgan fingerprint density at radius 2 is 1.10 bits per heavy atom. The molecule has 3 heterocycles. The van der Waals surface area contributed by atoms with Crippen LogP contribution in [0.3, 0.4) is 0 Å². The summed E-state index contributed by atoms with van der Waals surface area (Å²) in [5.74, 6) is 0. The fraction of sp³-hybridized carbons (Fsp3) is 0.356. The van der Waals surface area contributed by atoms with Gasteiger partial charge in [0.25, 0.3) is 6.71 Å². The molecule has 2 nitrogen and oxygen atoms in total. The van der Waals surface area contributed by atoms with Crippen molar-refractivity contribution in [2.45, 2.75) is 137 Å². The largest absolute Gasteiger partial charge is 0.311 e. The maximum absolute atomic E-state index is 2.68. The second-order valence-corrected chi connectivity index (χ2v) is 24.5. The molecule has 0 saturated heterocycles. The standard InChI is InChI=1S/C59H65BN2S/c1-36-30-49-52-50(31-36)62(47-26-22-39(56(5,6)7)32-42(47)37-18-16-15-17-19-37)48-35-45-44(58(11,12)28-29-59(45,13)14)34-46(48)60(52)54-53(43-33-40(57(8,9)10)23-27-51(43)63-54)61(49)41-24-20-38(21-25-41)55(2,3)4/h15-27,30-35H,28-29H2,1-14H3. The van der Waals surface area contributed by atoms with Gasteiger partial charge in [0.2, 0.25) is 0 Å². The van der Waals surface area contributed by atoms with E-state index in [1.54, 1.807) is 0 Å². The lowest BCUT2D eigenvalue weighted by Gasteiger charge is -2.47. The van der Waals surface area contributed by atoms with Crippen LogP contribution in [0.4, 0.5) is 34.1 Å². The number of aryl methyl sites for hydroxylation is 1. The Morgan fingerprint density at radius 3 is 1.71 bits per heavy atom. The molecule has 4 heteroatoms. The summed E-state index contributed by atoms with van der Waals surface area (Å²) in [5.41, 5.74) is 21.5. The summed E-state index contributed by atoms with van der Waals surface area (Å²) in [6.45, 7) is 33.3. The fourth-order valence-electron chi connectivity index (χ4n) is 10.8.